The fraction of sp³-hybridized carbons (Fsp3) is 0.727. The average Bonchev–Trinajstić information content (AvgIpc) is 3.08. The number of rotatable bonds is 13. The zero-order valence-electron chi connectivity index (χ0n) is 22.7. The zero-order chi connectivity index (χ0) is 30.6. The number of nitrogens with one attached hydrogen (secondary N) is 3. The second-order valence-electron chi connectivity index (χ2n) is 9.71. The molecule has 0 bridgehead atoms. The molecular formula is C22H35F2N4O10PS. The van der Waals surface area contributed by atoms with Gasteiger partial charge in [0.1, 0.15) is 24.3 Å². The molecule has 5 N–H and O–H groups in total. The van der Waals surface area contributed by atoms with Crippen LogP contribution in [-0.2, 0) is 40.1 Å². The Morgan fingerprint density at radius 3 is 2.02 bits per heavy atom. The Hall–Kier alpha value is -2.11. The summed E-state index contributed by atoms with van der Waals surface area (Å²) in [6, 6.07) is -1.38. The van der Waals surface area contributed by atoms with E-state index in [0.717, 1.165) is 12.3 Å². The second kappa shape index (κ2) is 13.7. The number of nitrogens with zero attached hydrogens (tertiary/aromatic N) is 1. The lowest BCUT2D eigenvalue weighted by Crippen LogP contribution is -2.53. The maximum Gasteiger partial charge on any atom is 0.330 e. The summed E-state index contributed by atoms with van der Waals surface area (Å²) in [5, 5.41) is 26.5. The van der Waals surface area contributed by atoms with Gasteiger partial charge < -0.3 is 28.9 Å². The van der Waals surface area contributed by atoms with Crippen LogP contribution in [0.1, 0.15) is 47.8 Å². The largest absolute Gasteiger partial charge is 0.462 e. The van der Waals surface area contributed by atoms with Crippen molar-refractivity contribution in [2.24, 2.45) is 0 Å². The molecule has 0 aliphatic carbocycles. The van der Waals surface area contributed by atoms with Gasteiger partial charge in [-0.25, -0.2) is 23.7 Å². The summed E-state index contributed by atoms with van der Waals surface area (Å²) in [7, 11) is 0. The topological polar surface area (TPSA) is 190 Å². The van der Waals surface area contributed by atoms with Crippen molar-refractivity contribution in [3.05, 3.63) is 33.1 Å². The first-order chi connectivity index (χ1) is 18.4. The molecule has 2 rings (SSSR count). The van der Waals surface area contributed by atoms with E-state index < -0.39 is 91.1 Å². The lowest BCUT2D eigenvalue weighted by Gasteiger charge is -2.35. The highest BCUT2D eigenvalue weighted by atomic mass is 32.4. The zero-order valence-corrected chi connectivity index (χ0v) is 24.4. The van der Waals surface area contributed by atoms with Crippen molar-refractivity contribution < 1.29 is 47.3 Å². The molecule has 18 heteroatoms. The number of ether oxygens (including phenoxy) is 3. The molecule has 1 saturated heterocycles. The lowest BCUT2D eigenvalue weighted by atomic mass is 9.96. The fourth-order valence-corrected chi connectivity index (χ4v) is 6.55. The third-order valence-corrected chi connectivity index (χ3v) is 8.46. The number of aliphatic hydroxyl groups excluding tert-OH is 2. The molecule has 1 aliphatic heterocycles. The molecule has 1 aromatic rings. The van der Waals surface area contributed by atoms with E-state index in [1.165, 1.54) is 13.8 Å². The molecule has 7 atom stereocenters. The molecule has 1 fully saturated rings. The van der Waals surface area contributed by atoms with Gasteiger partial charge in [0.05, 0.1) is 18.8 Å². The molecule has 0 spiro atoms. The molecule has 1 unspecified atom stereocenters. The highest BCUT2D eigenvalue weighted by Gasteiger charge is 2.61. The van der Waals surface area contributed by atoms with E-state index in [1.54, 1.807) is 27.7 Å². The highest BCUT2D eigenvalue weighted by Crippen LogP contribution is 2.46. The maximum atomic E-state index is 14.5. The van der Waals surface area contributed by atoms with Gasteiger partial charge in [-0.3, -0.25) is 23.9 Å². The first kappa shape index (κ1) is 34.1. The molecule has 2 heterocycles. The number of hydrogen-bond acceptors (Lipinski definition) is 11. The van der Waals surface area contributed by atoms with Crippen LogP contribution < -0.4 is 21.4 Å². The molecule has 40 heavy (non-hydrogen) atoms. The van der Waals surface area contributed by atoms with E-state index in [0.29, 0.717) is 4.57 Å². The number of hydrogen-bond donors (Lipinski definition) is 5. The van der Waals surface area contributed by atoms with Crippen molar-refractivity contribution in [2.75, 3.05) is 6.61 Å². The molecular weight excluding hydrogens is 581 g/mol. The number of aromatic amines is 1. The Labute approximate surface area is 233 Å². The number of carbonyl (C=O) groups is 2. The SMILES string of the molecule is CC(C)OC(=O)[C@H](C)NP(=S)(N[C@H](C)C(=O)OC(C)C)OC[C@]1(C(F)F)O[C@H](n2ccc(=O)[nH]c2=O)[C@@H](O)[C@@H]1O. The first-order valence-electron chi connectivity index (χ1n) is 12.3. The first-order valence-corrected chi connectivity index (χ1v) is 15.0. The van der Waals surface area contributed by atoms with E-state index in [-0.39, 0.29) is 0 Å². The Bertz CT molecular complexity index is 1180. The third-order valence-electron chi connectivity index (χ3n) is 5.56. The number of alkyl halides is 2. The number of halogens is 2. The summed E-state index contributed by atoms with van der Waals surface area (Å²) in [6.45, 7) is 4.23. The van der Waals surface area contributed by atoms with Crippen LogP contribution in [0.3, 0.4) is 0 Å². The van der Waals surface area contributed by atoms with E-state index in [9.17, 15) is 38.2 Å². The number of aliphatic hydroxyl groups is 2. The van der Waals surface area contributed by atoms with Gasteiger partial charge in [0, 0.05) is 12.3 Å². The van der Waals surface area contributed by atoms with Crippen LogP contribution in [-0.4, -0.2) is 86.8 Å². The summed E-state index contributed by atoms with van der Waals surface area (Å²) >= 11 is 5.53. The smallest absolute Gasteiger partial charge is 0.330 e. The predicted molar refractivity (Wildman–Crippen MR) is 140 cm³/mol. The van der Waals surface area contributed by atoms with Crippen LogP contribution in [0.2, 0.25) is 0 Å². The van der Waals surface area contributed by atoms with Gasteiger partial charge in [0.25, 0.3) is 12.0 Å². The Balaban J connectivity index is 2.39. The van der Waals surface area contributed by atoms with Crippen molar-refractivity contribution in [2.45, 2.75) is 96.3 Å². The summed E-state index contributed by atoms with van der Waals surface area (Å²) in [6.07, 6.45) is -9.75. The maximum absolute atomic E-state index is 14.5. The summed E-state index contributed by atoms with van der Waals surface area (Å²) in [5.41, 5.74) is -4.79. The van der Waals surface area contributed by atoms with Gasteiger partial charge in [-0.15, -0.1) is 0 Å². The van der Waals surface area contributed by atoms with Gasteiger partial charge in [0.15, 0.2) is 18.4 Å². The van der Waals surface area contributed by atoms with E-state index in [4.69, 9.17) is 30.5 Å². The lowest BCUT2D eigenvalue weighted by molar-refractivity contribution is -0.191. The minimum Gasteiger partial charge on any atom is -0.462 e. The normalized spacial score (nSPS) is 26.1. The van der Waals surface area contributed by atoms with Crippen molar-refractivity contribution in [1.82, 2.24) is 19.7 Å². The quantitative estimate of drug-likeness (QED) is 0.146. The molecule has 1 aliphatic rings. The Morgan fingerprint density at radius 1 is 1.10 bits per heavy atom. The average molecular weight is 617 g/mol. The Morgan fingerprint density at radius 2 is 1.60 bits per heavy atom. The molecule has 228 valence electrons. The number of esters is 2. The van der Waals surface area contributed by atoms with E-state index >= 15 is 0 Å². The van der Waals surface area contributed by atoms with Crippen LogP contribution >= 0.6 is 6.57 Å². The third kappa shape index (κ3) is 8.22. The van der Waals surface area contributed by atoms with Crippen molar-refractivity contribution in [1.29, 1.82) is 0 Å². The van der Waals surface area contributed by atoms with E-state index in [2.05, 4.69) is 10.2 Å². The van der Waals surface area contributed by atoms with Gasteiger partial charge in [-0.05, 0) is 53.3 Å². The van der Waals surface area contributed by atoms with Crippen molar-refractivity contribution in [3.63, 3.8) is 0 Å². The molecule has 14 nitrogen and oxygen atoms in total. The minimum atomic E-state index is -3.81. The molecule has 0 radical (unpaired) electrons. The second-order valence-corrected chi connectivity index (χ2v) is 13.1. The summed E-state index contributed by atoms with van der Waals surface area (Å²) in [4.78, 5) is 50.3. The van der Waals surface area contributed by atoms with Gasteiger partial charge in [0.2, 0.25) is 0 Å². The van der Waals surface area contributed by atoms with Gasteiger partial charge >= 0.3 is 17.6 Å². The Kier molecular flexibility index (Phi) is 11.7. The van der Waals surface area contributed by atoms with Crippen LogP contribution in [0.25, 0.3) is 0 Å². The number of aromatic nitrogens is 2. The molecule has 0 saturated carbocycles. The van der Waals surface area contributed by atoms with Crippen molar-refractivity contribution >= 4 is 30.3 Å². The van der Waals surface area contributed by atoms with Crippen LogP contribution in [0.15, 0.2) is 21.9 Å². The summed E-state index contributed by atoms with van der Waals surface area (Å²) in [5.74, 6) is -1.50. The van der Waals surface area contributed by atoms with Crippen molar-refractivity contribution in [3.8, 4) is 0 Å². The summed E-state index contributed by atoms with van der Waals surface area (Å²) < 4.78 is 50.9. The number of carbonyl (C=O) groups excluding carboxylic acids is 2. The standard InChI is InChI=1S/C22H35F2N4O10PS/c1-10(2)36-18(32)12(5)26-39(40,27-13(6)19(33)37-11(3)4)35-9-22(20(23)24)16(31)15(30)17(38-22)28-8-7-14(29)25-21(28)34/h7-8,10-13,15-17,20,30-31H,9H2,1-6H3,(H,25,29,34)(H2,26,27,40)/t12-,13+,15-,16-,17-,22-,39?/m0/s1. The van der Waals surface area contributed by atoms with Crippen LogP contribution in [0, 0.1) is 0 Å². The van der Waals surface area contributed by atoms with Gasteiger partial charge in [-0.1, -0.05) is 0 Å². The van der Waals surface area contributed by atoms with Gasteiger partial charge in [-0.2, -0.15) is 0 Å². The van der Waals surface area contributed by atoms with Crippen LogP contribution in [0.4, 0.5) is 8.78 Å². The molecule has 1 aromatic heterocycles. The molecule has 0 amide bonds. The monoisotopic (exact) mass is 616 g/mol. The minimum absolute atomic E-state index is 0.484. The number of H-pyrrole nitrogens is 1. The molecule has 0 aromatic carbocycles. The van der Waals surface area contributed by atoms with Crippen LogP contribution in [0.5, 0.6) is 0 Å². The van der Waals surface area contributed by atoms with E-state index in [1.807, 2.05) is 4.98 Å². The fourth-order valence-electron chi connectivity index (χ4n) is 3.61. The predicted octanol–water partition coefficient (Wildman–Crippen LogP) is -0.108. The highest BCUT2D eigenvalue weighted by molar-refractivity contribution is 8.10.